The minimum atomic E-state index is -0.335. The number of phenolic OH excluding ortho intramolecular Hbond substituents is 1. The molecule has 0 aliphatic rings. The predicted molar refractivity (Wildman–Crippen MR) is 65.1 cm³/mol. The van der Waals surface area contributed by atoms with E-state index in [-0.39, 0.29) is 11.6 Å². The number of halogens is 2. The summed E-state index contributed by atoms with van der Waals surface area (Å²) in [5, 5.41) is 10.2. The molecule has 2 aromatic rings. The molecule has 17 heavy (non-hydrogen) atoms. The maximum absolute atomic E-state index is 12.8. The van der Waals surface area contributed by atoms with Gasteiger partial charge in [0, 0.05) is 11.6 Å². The monoisotopic (exact) mass is 252 g/mol. The average Bonchev–Trinajstić information content (AvgIpc) is 2.30. The van der Waals surface area contributed by atoms with E-state index in [4.69, 9.17) is 16.3 Å². The summed E-state index contributed by atoms with van der Waals surface area (Å²) < 4.78 is 17.8. The zero-order chi connectivity index (χ0) is 12.4. The Morgan fingerprint density at radius 3 is 2.35 bits per heavy atom. The number of hydrogen-bond donors (Lipinski definition) is 1. The molecule has 0 saturated heterocycles. The largest absolute Gasteiger partial charge is 0.507 e. The van der Waals surface area contributed by atoms with Crippen molar-refractivity contribution < 1.29 is 14.2 Å². The molecule has 0 aliphatic heterocycles. The van der Waals surface area contributed by atoms with Gasteiger partial charge < -0.3 is 9.84 Å². The van der Waals surface area contributed by atoms with Crippen molar-refractivity contribution in [3.05, 3.63) is 47.2 Å². The molecule has 0 aliphatic carbocycles. The Hall–Kier alpha value is -1.74. The van der Waals surface area contributed by atoms with E-state index in [1.807, 2.05) is 0 Å². The molecule has 4 heteroatoms. The van der Waals surface area contributed by atoms with Crippen LogP contribution in [-0.4, -0.2) is 12.2 Å². The van der Waals surface area contributed by atoms with Gasteiger partial charge in [-0.2, -0.15) is 0 Å². The first-order valence-electron chi connectivity index (χ1n) is 4.94. The van der Waals surface area contributed by atoms with Crippen molar-refractivity contribution in [1.82, 2.24) is 0 Å². The van der Waals surface area contributed by atoms with Crippen LogP contribution in [-0.2, 0) is 0 Å². The van der Waals surface area contributed by atoms with E-state index in [0.717, 1.165) is 0 Å². The van der Waals surface area contributed by atoms with E-state index >= 15 is 0 Å². The van der Waals surface area contributed by atoms with Crippen molar-refractivity contribution in [2.24, 2.45) is 0 Å². The van der Waals surface area contributed by atoms with E-state index in [9.17, 15) is 9.50 Å². The van der Waals surface area contributed by atoms with Crippen molar-refractivity contribution in [2.45, 2.75) is 0 Å². The van der Waals surface area contributed by atoms with Crippen molar-refractivity contribution in [3.8, 4) is 22.6 Å². The van der Waals surface area contributed by atoms with Crippen LogP contribution in [0.15, 0.2) is 36.4 Å². The van der Waals surface area contributed by atoms with E-state index in [0.29, 0.717) is 21.9 Å². The standard InChI is InChI=1S/C13H10ClFO2/c1-17-10-6-11(14)13(12(16)7-10)8-2-4-9(15)5-3-8/h2-7,16H,1H3. The molecule has 2 aromatic carbocycles. The van der Waals surface area contributed by atoms with Crippen LogP contribution < -0.4 is 4.74 Å². The summed E-state index contributed by atoms with van der Waals surface area (Å²) in [6.45, 7) is 0. The van der Waals surface area contributed by atoms with E-state index in [1.165, 1.54) is 25.3 Å². The summed E-state index contributed by atoms with van der Waals surface area (Å²) in [7, 11) is 1.49. The van der Waals surface area contributed by atoms with Crippen LogP contribution in [0.1, 0.15) is 0 Å². The fourth-order valence-corrected chi connectivity index (χ4v) is 1.90. The van der Waals surface area contributed by atoms with Gasteiger partial charge in [-0.25, -0.2) is 4.39 Å². The number of hydrogen-bond acceptors (Lipinski definition) is 2. The van der Waals surface area contributed by atoms with E-state index in [1.54, 1.807) is 18.2 Å². The zero-order valence-corrected chi connectivity index (χ0v) is 9.83. The Morgan fingerprint density at radius 2 is 1.82 bits per heavy atom. The Kier molecular flexibility index (Phi) is 3.20. The predicted octanol–water partition coefficient (Wildman–Crippen LogP) is 3.86. The molecule has 0 fully saturated rings. The number of ether oxygens (including phenoxy) is 1. The van der Waals surface area contributed by atoms with Crippen molar-refractivity contribution in [1.29, 1.82) is 0 Å². The Balaban J connectivity index is 2.55. The molecular weight excluding hydrogens is 243 g/mol. The Bertz CT molecular complexity index is 515. The first-order chi connectivity index (χ1) is 8.11. The highest BCUT2D eigenvalue weighted by atomic mass is 35.5. The highest BCUT2D eigenvalue weighted by Crippen LogP contribution is 2.39. The van der Waals surface area contributed by atoms with Gasteiger partial charge in [-0.3, -0.25) is 0 Å². The molecule has 0 saturated carbocycles. The van der Waals surface area contributed by atoms with Crippen LogP contribution in [0.4, 0.5) is 4.39 Å². The third-order valence-electron chi connectivity index (χ3n) is 2.41. The fraction of sp³-hybridized carbons (Fsp3) is 0.0769. The Labute approximate surface area is 103 Å². The highest BCUT2D eigenvalue weighted by Gasteiger charge is 2.11. The summed E-state index contributed by atoms with van der Waals surface area (Å²) in [6, 6.07) is 8.81. The average molecular weight is 253 g/mol. The molecule has 0 aromatic heterocycles. The summed E-state index contributed by atoms with van der Waals surface area (Å²) >= 11 is 6.05. The lowest BCUT2D eigenvalue weighted by Crippen LogP contribution is -1.86. The van der Waals surface area contributed by atoms with Gasteiger partial charge in [0.1, 0.15) is 17.3 Å². The molecular formula is C13H10ClFO2. The van der Waals surface area contributed by atoms with Gasteiger partial charge in [0.05, 0.1) is 12.1 Å². The lowest BCUT2D eigenvalue weighted by atomic mass is 10.0. The van der Waals surface area contributed by atoms with Crippen LogP contribution in [0, 0.1) is 5.82 Å². The molecule has 1 N–H and O–H groups in total. The van der Waals surface area contributed by atoms with Crippen LogP contribution in [0.5, 0.6) is 11.5 Å². The molecule has 0 spiro atoms. The van der Waals surface area contributed by atoms with Crippen LogP contribution in [0.2, 0.25) is 5.02 Å². The molecule has 0 bridgehead atoms. The van der Waals surface area contributed by atoms with Crippen molar-refractivity contribution >= 4 is 11.6 Å². The fourth-order valence-electron chi connectivity index (χ4n) is 1.59. The molecule has 0 unspecified atom stereocenters. The molecule has 2 nitrogen and oxygen atoms in total. The lowest BCUT2D eigenvalue weighted by Gasteiger charge is -2.09. The van der Waals surface area contributed by atoms with Gasteiger partial charge >= 0.3 is 0 Å². The van der Waals surface area contributed by atoms with Gasteiger partial charge in [0.25, 0.3) is 0 Å². The molecule has 88 valence electrons. The third-order valence-corrected chi connectivity index (χ3v) is 2.71. The lowest BCUT2D eigenvalue weighted by molar-refractivity contribution is 0.408. The number of phenols is 1. The third kappa shape index (κ3) is 2.34. The number of methoxy groups -OCH3 is 1. The molecule has 0 radical (unpaired) electrons. The second-order valence-electron chi connectivity index (χ2n) is 3.51. The minimum Gasteiger partial charge on any atom is -0.507 e. The Morgan fingerprint density at radius 1 is 1.18 bits per heavy atom. The smallest absolute Gasteiger partial charge is 0.128 e. The van der Waals surface area contributed by atoms with Crippen LogP contribution >= 0.6 is 11.6 Å². The minimum absolute atomic E-state index is 0.000887. The van der Waals surface area contributed by atoms with Crippen molar-refractivity contribution in [3.63, 3.8) is 0 Å². The summed E-state index contributed by atoms with van der Waals surface area (Å²) in [4.78, 5) is 0. The van der Waals surface area contributed by atoms with Gasteiger partial charge in [0.15, 0.2) is 0 Å². The summed E-state index contributed by atoms with van der Waals surface area (Å²) in [6.07, 6.45) is 0. The topological polar surface area (TPSA) is 29.5 Å². The quantitative estimate of drug-likeness (QED) is 0.879. The molecule has 2 rings (SSSR count). The highest BCUT2D eigenvalue weighted by molar-refractivity contribution is 6.33. The van der Waals surface area contributed by atoms with Crippen LogP contribution in [0.25, 0.3) is 11.1 Å². The molecule has 0 heterocycles. The SMILES string of the molecule is COc1cc(O)c(-c2ccc(F)cc2)c(Cl)c1. The van der Waals surface area contributed by atoms with Crippen molar-refractivity contribution in [2.75, 3.05) is 7.11 Å². The second kappa shape index (κ2) is 4.63. The van der Waals surface area contributed by atoms with Gasteiger partial charge in [-0.1, -0.05) is 23.7 Å². The van der Waals surface area contributed by atoms with E-state index in [2.05, 4.69) is 0 Å². The van der Waals surface area contributed by atoms with Gasteiger partial charge in [-0.15, -0.1) is 0 Å². The summed E-state index contributed by atoms with van der Waals surface area (Å²) in [5.74, 6) is 0.136. The zero-order valence-electron chi connectivity index (χ0n) is 9.08. The molecule has 0 amide bonds. The first kappa shape index (κ1) is 11.7. The first-order valence-corrected chi connectivity index (χ1v) is 5.32. The number of rotatable bonds is 2. The number of aromatic hydroxyl groups is 1. The maximum Gasteiger partial charge on any atom is 0.128 e. The second-order valence-corrected chi connectivity index (χ2v) is 3.92. The van der Waals surface area contributed by atoms with Crippen LogP contribution in [0.3, 0.4) is 0 Å². The molecule has 0 atom stereocenters. The maximum atomic E-state index is 12.8. The normalized spacial score (nSPS) is 10.3. The number of benzene rings is 2. The van der Waals surface area contributed by atoms with Gasteiger partial charge in [0.2, 0.25) is 0 Å². The summed E-state index contributed by atoms with van der Waals surface area (Å²) in [5.41, 5.74) is 1.11. The van der Waals surface area contributed by atoms with Gasteiger partial charge in [-0.05, 0) is 23.8 Å². The van der Waals surface area contributed by atoms with E-state index < -0.39 is 0 Å².